The lowest BCUT2D eigenvalue weighted by atomic mass is 9.66. The Morgan fingerprint density at radius 2 is 1.61 bits per heavy atom. The van der Waals surface area contributed by atoms with E-state index in [2.05, 4.69) is 63.3 Å². The molecule has 0 saturated heterocycles. The summed E-state index contributed by atoms with van der Waals surface area (Å²) in [5.74, 6) is 0.754. The van der Waals surface area contributed by atoms with Crippen LogP contribution in [0.1, 0.15) is 52.5 Å². The fraction of sp³-hybridized carbons (Fsp3) is 0.647. The zero-order chi connectivity index (χ0) is 13.4. The van der Waals surface area contributed by atoms with Crippen LogP contribution in [0.15, 0.2) is 30.3 Å². The maximum atomic E-state index is 3.59. The first-order valence-corrected chi connectivity index (χ1v) is 7.51. The van der Waals surface area contributed by atoms with E-state index in [-0.39, 0.29) is 0 Å². The molecule has 1 aromatic carbocycles. The average Bonchev–Trinajstić information content (AvgIpc) is 2.44. The summed E-state index contributed by atoms with van der Waals surface area (Å²) in [5, 5.41) is 3.59. The number of hydrogen-bond acceptors (Lipinski definition) is 1. The summed E-state index contributed by atoms with van der Waals surface area (Å²) in [5.41, 5.74) is 1.79. The second kappa shape index (κ2) is 7.58. The van der Waals surface area contributed by atoms with Crippen LogP contribution in [-0.4, -0.2) is 13.1 Å². The third kappa shape index (κ3) is 3.14. The molecule has 0 aliphatic rings. The van der Waals surface area contributed by atoms with E-state index < -0.39 is 0 Å². The predicted octanol–water partition coefficient (Wildman–Crippen LogP) is 4.38. The van der Waals surface area contributed by atoms with Gasteiger partial charge in [-0.15, -0.1) is 0 Å². The molecule has 0 aliphatic heterocycles. The molecule has 1 unspecified atom stereocenters. The molecule has 0 fully saturated rings. The van der Waals surface area contributed by atoms with Gasteiger partial charge < -0.3 is 5.32 Å². The predicted molar refractivity (Wildman–Crippen MR) is 81.0 cm³/mol. The topological polar surface area (TPSA) is 12.0 Å². The van der Waals surface area contributed by atoms with E-state index in [0.29, 0.717) is 5.41 Å². The van der Waals surface area contributed by atoms with Crippen LogP contribution in [-0.2, 0) is 5.41 Å². The Bertz CT molecular complexity index is 316. The smallest absolute Gasteiger partial charge is 0.0103 e. The number of likely N-dealkylation sites (N-methyl/N-ethyl adjacent to an activating group) is 1. The highest BCUT2D eigenvalue weighted by atomic mass is 14.9. The van der Waals surface area contributed by atoms with Gasteiger partial charge in [0.1, 0.15) is 0 Å². The van der Waals surface area contributed by atoms with Crippen molar-refractivity contribution in [2.24, 2.45) is 5.92 Å². The van der Waals surface area contributed by atoms with Crippen molar-refractivity contribution < 1.29 is 0 Å². The average molecular weight is 247 g/mol. The molecule has 0 aliphatic carbocycles. The zero-order valence-electron chi connectivity index (χ0n) is 12.5. The molecule has 1 heteroatoms. The lowest BCUT2D eigenvalue weighted by Crippen LogP contribution is -2.43. The van der Waals surface area contributed by atoms with Gasteiger partial charge in [-0.3, -0.25) is 0 Å². The summed E-state index contributed by atoms with van der Waals surface area (Å²) < 4.78 is 0. The van der Waals surface area contributed by atoms with E-state index in [4.69, 9.17) is 0 Å². The first-order valence-electron chi connectivity index (χ1n) is 7.51. The van der Waals surface area contributed by atoms with Crippen molar-refractivity contribution in [3.63, 3.8) is 0 Å². The molecule has 1 aromatic rings. The van der Waals surface area contributed by atoms with E-state index in [1.165, 1.54) is 24.8 Å². The fourth-order valence-electron chi connectivity index (χ4n) is 3.29. The van der Waals surface area contributed by atoms with Crippen LogP contribution in [0.4, 0.5) is 0 Å². The van der Waals surface area contributed by atoms with Crippen LogP contribution in [0.25, 0.3) is 0 Å². The molecular weight excluding hydrogens is 218 g/mol. The summed E-state index contributed by atoms with van der Waals surface area (Å²) in [4.78, 5) is 0. The molecule has 1 atom stereocenters. The van der Waals surface area contributed by atoms with Crippen LogP contribution in [0.2, 0.25) is 0 Å². The lowest BCUT2D eigenvalue weighted by Gasteiger charge is -2.41. The Morgan fingerprint density at radius 3 is 2.06 bits per heavy atom. The standard InChI is InChI=1S/C17H29N/c1-5-15(6-2)17(7-3,14-18-8-4)16-12-10-9-11-13-16/h9-13,15,18H,5-8,14H2,1-4H3. The highest BCUT2D eigenvalue weighted by molar-refractivity contribution is 5.27. The van der Waals surface area contributed by atoms with Crippen molar-refractivity contribution in [3.8, 4) is 0 Å². The first kappa shape index (κ1) is 15.2. The number of hydrogen-bond donors (Lipinski definition) is 1. The summed E-state index contributed by atoms with van der Waals surface area (Å²) in [6, 6.07) is 11.1. The Hall–Kier alpha value is -0.820. The highest BCUT2D eigenvalue weighted by Gasteiger charge is 2.36. The molecule has 1 N–H and O–H groups in total. The zero-order valence-corrected chi connectivity index (χ0v) is 12.5. The second-order valence-corrected chi connectivity index (χ2v) is 5.17. The van der Waals surface area contributed by atoms with E-state index >= 15 is 0 Å². The Morgan fingerprint density at radius 1 is 1.00 bits per heavy atom. The fourth-order valence-corrected chi connectivity index (χ4v) is 3.29. The van der Waals surface area contributed by atoms with Gasteiger partial charge in [0.05, 0.1) is 0 Å². The van der Waals surface area contributed by atoms with Crippen molar-refractivity contribution in [2.75, 3.05) is 13.1 Å². The Labute approximate surface area is 113 Å². The third-order valence-electron chi connectivity index (χ3n) is 4.44. The molecule has 18 heavy (non-hydrogen) atoms. The van der Waals surface area contributed by atoms with Gasteiger partial charge in [0, 0.05) is 12.0 Å². The molecule has 0 amide bonds. The van der Waals surface area contributed by atoms with Gasteiger partial charge >= 0.3 is 0 Å². The van der Waals surface area contributed by atoms with E-state index in [0.717, 1.165) is 19.0 Å². The molecular formula is C17H29N. The van der Waals surface area contributed by atoms with Crippen molar-refractivity contribution in [1.29, 1.82) is 0 Å². The van der Waals surface area contributed by atoms with Gasteiger partial charge in [0.15, 0.2) is 0 Å². The molecule has 1 rings (SSSR count). The minimum Gasteiger partial charge on any atom is -0.316 e. The van der Waals surface area contributed by atoms with Gasteiger partial charge in [0.25, 0.3) is 0 Å². The van der Waals surface area contributed by atoms with Gasteiger partial charge in [-0.05, 0) is 24.4 Å². The lowest BCUT2D eigenvalue weighted by molar-refractivity contribution is 0.232. The number of rotatable bonds is 8. The number of nitrogens with one attached hydrogen (secondary N) is 1. The maximum Gasteiger partial charge on any atom is 0.0103 e. The monoisotopic (exact) mass is 247 g/mol. The summed E-state index contributed by atoms with van der Waals surface area (Å²) in [6.07, 6.45) is 3.71. The van der Waals surface area contributed by atoms with Crippen molar-refractivity contribution >= 4 is 0 Å². The van der Waals surface area contributed by atoms with Gasteiger partial charge in [-0.25, -0.2) is 0 Å². The van der Waals surface area contributed by atoms with Gasteiger partial charge in [-0.2, -0.15) is 0 Å². The van der Waals surface area contributed by atoms with Crippen molar-refractivity contribution in [3.05, 3.63) is 35.9 Å². The minimum atomic E-state index is 0.292. The Kier molecular flexibility index (Phi) is 6.42. The van der Waals surface area contributed by atoms with Gasteiger partial charge in [0.2, 0.25) is 0 Å². The molecule has 102 valence electrons. The molecule has 0 spiro atoms. The SMILES string of the molecule is CCNCC(CC)(c1ccccc1)C(CC)CC. The molecule has 0 aromatic heterocycles. The van der Waals surface area contributed by atoms with E-state index in [9.17, 15) is 0 Å². The van der Waals surface area contributed by atoms with E-state index in [1.54, 1.807) is 0 Å². The molecule has 0 heterocycles. The third-order valence-corrected chi connectivity index (χ3v) is 4.44. The first-order chi connectivity index (χ1) is 8.75. The summed E-state index contributed by atoms with van der Waals surface area (Å²) in [7, 11) is 0. The second-order valence-electron chi connectivity index (χ2n) is 5.17. The normalized spacial score (nSPS) is 14.7. The van der Waals surface area contributed by atoms with Crippen LogP contribution in [0, 0.1) is 5.92 Å². The minimum absolute atomic E-state index is 0.292. The van der Waals surface area contributed by atoms with Crippen LogP contribution in [0.3, 0.4) is 0 Å². The quantitative estimate of drug-likeness (QED) is 0.719. The highest BCUT2D eigenvalue weighted by Crippen LogP contribution is 2.39. The van der Waals surface area contributed by atoms with Crippen molar-refractivity contribution in [2.45, 2.75) is 52.4 Å². The largest absolute Gasteiger partial charge is 0.316 e. The van der Waals surface area contributed by atoms with Gasteiger partial charge in [-0.1, -0.05) is 70.9 Å². The van der Waals surface area contributed by atoms with E-state index in [1.807, 2.05) is 0 Å². The summed E-state index contributed by atoms with van der Waals surface area (Å²) in [6.45, 7) is 11.3. The Balaban J connectivity index is 3.12. The molecule has 0 radical (unpaired) electrons. The molecule has 0 bridgehead atoms. The number of benzene rings is 1. The summed E-state index contributed by atoms with van der Waals surface area (Å²) >= 11 is 0. The van der Waals surface area contributed by atoms with Crippen LogP contribution >= 0.6 is 0 Å². The maximum absolute atomic E-state index is 3.59. The van der Waals surface area contributed by atoms with Crippen LogP contribution in [0.5, 0.6) is 0 Å². The van der Waals surface area contributed by atoms with Crippen LogP contribution < -0.4 is 5.32 Å². The molecule has 1 nitrogen and oxygen atoms in total. The molecule has 0 saturated carbocycles. The van der Waals surface area contributed by atoms with Crippen molar-refractivity contribution in [1.82, 2.24) is 5.32 Å².